The van der Waals surface area contributed by atoms with E-state index >= 15 is 0 Å². The number of nitrogens with zero attached hydrogens (tertiary/aromatic N) is 2. The van der Waals surface area contributed by atoms with Crippen molar-refractivity contribution < 1.29 is 4.42 Å². The summed E-state index contributed by atoms with van der Waals surface area (Å²) in [5, 5.41) is 0. The maximum atomic E-state index is 5.65. The summed E-state index contributed by atoms with van der Waals surface area (Å²) in [6, 6.07) is 0.376. The fourth-order valence-corrected chi connectivity index (χ4v) is 1.96. The van der Waals surface area contributed by atoms with E-state index in [1.165, 1.54) is 6.42 Å². The average molecular weight is 195 g/mol. The lowest BCUT2D eigenvalue weighted by atomic mass is 10.2. The topological polar surface area (TPSA) is 55.3 Å². The van der Waals surface area contributed by atoms with Gasteiger partial charge >= 0.3 is 0 Å². The molecule has 4 heteroatoms. The highest BCUT2D eigenvalue weighted by Gasteiger charge is 2.26. The highest BCUT2D eigenvalue weighted by molar-refractivity contribution is 5.00. The van der Waals surface area contributed by atoms with Crippen LogP contribution in [-0.2, 0) is 6.42 Å². The third kappa shape index (κ3) is 1.81. The van der Waals surface area contributed by atoms with E-state index in [-0.39, 0.29) is 0 Å². The zero-order valence-corrected chi connectivity index (χ0v) is 8.57. The minimum atomic E-state index is 0.376. The molecule has 4 nitrogen and oxygen atoms in total. The Balaban J connectivity index is 2.08. The Bertz CT molecular complexity index is 297. The number of aromatic nitrogens is 1. The summed E-state index contributed by atoms with van der Waals surface area (Å²) in [5.41, 5.74) is 5.45. The molecule has 0 bridgehead atoms. The Hall–Kier alpha value is -0.870. The predicted octanol–water partition coefficient (Wildman–Crippen LogP) is 0.942. The van der Waals surface area contributed by atoms with Crippen molar-refractivity contribution in [2.45, 2.75) is 25.3 Å². The molecule has 1 saturated heterocycles. The van der Waals surface area contributed by atoms with Crippen molar-refractivity contribution in [2.24, 2.45) is 5.73 Å². The molecule has 78 valence electrons. The fraction of sp³-hybridized carbons (Fsp3) is 0.700. The lowest BCUT2D eigenvalue weighted by Crippen LogP contribution is -2.17. The summed E-state index contributed by atoms with van der Waals surface area (Å²) < 4.78 is 5.65. The van der Waals surface area contributed by atoms with Crippen molar-refractivity contribution in [3.05, 3.63) is 17.8 Å². The fourth-order valence-electron chi connectivity index (χ4n) is 1.96. The Kier molecular flexibility index (Phi) is 2.84. The van der Waals surface area contributed by atoms with E-state index < -0.39 is 0 Å². The van der Waals surface area contributed by atoms with Crippen LogP contribution in [0.1, 0.15) is 30.5 Å². The molecule has 2 N–H and O–H groups in total. The van der Waals surface area contributed by atoms with Gasteiger partial charge in [0, 0.05) is 6.42 Å². The Morgan fingerprint density at radius 1 is 1.71 bits per heavy atom. The maximum Gasteiger partial charge on any atom is 0.211 e. The van der Waals surface area contributed by atoms with Gasteiger partial charge in [0.25, 0.3) is 0 Å². The zero-order valence-electron chi connectivity index (χ0n) is 8.57. The average Bonchev–Trinajstić information content (AvgIpc) is 2.74. The van der Waals surface area contributed by atoms with Crippen molar-refractivity contribution in [1.29, 1.82) is 0 Å². The Morgan fingerprint density at radius 2 is 2.57 bits per heavy atom. The summed E-state index contributed by atoms with van der Waals surface area (Å²) >= 11 is 0. The van der Waals surface area contributed by atoms with Crippen LogP contribution in [0.3, 0.4) is 0 Å². The molecule has 14 heavy (non-hydrogen) atoms. The molecule has 1 atom stereocenters. The molecule has 0 spiro atoms. The van der Waals surface area contributed by atoms with E-state index in [0.717, 1.165) is 31.0 Å². The molecule has 1 fully saturated rings. The van der Waals surface area contributed by atoms with Gasteiger partial charge in [-0.2, -0.15) is 0 Å². The van der Waals surface area contributed by atoms with Crippen LogP contribution in [0, 0.1) is 0 Å². The number of nitrogens with two attached hydrogens (primary N) is 1. The maximum absolute atomic E-state index is 5.65. The summed E-state index contributed by atoms with van der Waals surface area (Å²) in [4.78, 5) is 6.59. The third-order valence-electron chi connectivity index (χ3n) is 2.77. The molecule has 0 saturated carbocycles. The van der Waals surface area contributed by atoms with Gasteiger partial charge in [0.15, 0.2) is 0 Å². The van der Waals surface area contributed by atoms with E-state index in [0.29, 0.717) is 12.6 Å². The number of likely N-dealkylation sites (tertiary alicyclic amines) is 1. The van der Waals surface area contributed by atoms with Gasteiger partial charge in [-0.05, 0) is 33.0 Å². The molecule has 2 heterocycles. The SMILES string of the molecule is CN1CCCC1c1ncc(CCN)o1. The van der Waals surface area contributed by atoms with Crippen molar-refractivity contribution in [3.8, 4) is 0 Å². The number of oxazole rings is 1. The molecule has 1 aliphatic rings. The van der Waals surface area contributed by atoms with Crippen molar-refractivity contribution in [3.63, 3.8) is 0 Å². The summed E-state index contributed by atoms with van der Waals surface area (Å²) in [6.45, 7) is 1.76. The molecule has 0 aliphatic carbocycles. The minimum absolute atomic E-state index is 0.376. The molecular weight excluding hydrogens is 178 g/mol. The molecule has 1 aromatic heterocycles. The summed E-state index contributed by atoms with van der Waals surface area (Å²) in [5.74, 6) is 1.76. The van der Waals surface area contributed by atoms with Crippen LogP contribution in [0.5, 0.6) is 0 Å². The second kappa shape index (κ2) is 4.11. The molecule has 1 unspecified atom stereocenters. The van der Waals surface area contributed by atoms with Crippen LogP contribution in [0.2, 0.25) is 0 Å². The van der Waals surface area contributed by atoms with Crippen LogP contribution in [-0.4, -0.2) is 30.0 Å². The molecule has 0 aromatic carbocycles. The quantitative estimate of drug-likeness (QED) is 0.780. The Morgan fingerprint density at radius 3 is 3.21 bits per heavy atom. The van der Waals surface area contributed by atoms with Gasteiger partial charge in [-0.15, -0.1) is 0 Å². The molecular formula is C10H17N3O. The Labute approximate surface area is 84.1 Å². The minimum Gasteiger partial charge on any atom is -0.444 e. The van der Waals surface area contributed by atoms with Crippen molar-refractivity contribution in [1.82, 2.24) is 9.88 Å². The van der Waals surface area contributed by atoms with Crippen molar-refractivity contribution in [2.75, 3.05) is 20.1 Å². The summed E-state index contributed by atoms with van der Waals surface area (Å²) in [6.07, 6.45) is 4.96. The lowest BCUT2D eigenvalue weighted by Gasteiger charge is -2.15. The first-order valence-corrected chi connectivity index (χ1v) is 5.16. The van der Waals surface area contributed by atoms with E-state index in [2.05, 4.69) is 16.9 Å². The molecule has 1 aliphatic heterocycles. The van der Waals surface area contributed by atoms with Gasteiger partial charge in [-0.1, -0.05) is 0 Å². The van der Waals surface area contributed by atoms with Gasteiger partial charge in [0.2, 0.25) is 5.89 Å². The van der Waals surface area contributed by atoms with Gasteiger partial charge < -0.3 is 10.2 Å². The number of hydrogen-bond acceptors (Lipinski definition) is 4. The second-order valence-electron chi connectivity index (χ2n) is 3.84. The summed E-state index contributed by atoms with van der Waals surface area (Å²) in [7, 11) is 2.12. The zero-order chi connectivity index (χ0) is 9.97. The molecule has 1 aromatic rings. The standard InChI is InChI=1S/C10H17N3O/c1-13-6-2-3-9(13)10-12-7-8(14-10)4-5-11/h7,9H,2-6,11H2,1H3. The second-order valence-corrected chi connectivity index (χ2v) is 3.84. The molecule has 0 radical (unpaired) electrons. The normalized spacial score (nSPS) is 23.1. The largest absolute Gasteiger partial charge is 0.444 e. The smallest absolute Gasteiger partial charge is 0.211 e. The molecule has 0 amide bonds. The van der Waals surface area contributed by atoms with E-state index in [4.69, 9.17) is 10.2 Å². The number of hydrogen-bond donors (Lipinski definition) is 1. The van der Waals surface area contributed by atoms with Gasteiger partial charge in [-0.3, -0.25) is 4.90 Å². The van der Waals surface area contributed by atoms with Gasteiger partial charge in [0.1, 0.15) is 5.76 Å². The van der Waals surface area contributed by atoms with Crippen LogP contribution in [0.25, 0.3) is 0 Å². The van der Waals surface area contributed by atoms with Crippen LogP contribution in [0.4, 0.5) is 0 Å². The van der Waals surface area contributed by atoms with Crippen LogP contribution < -0.4 is 5.73 Å². The van der Waals surface area contributed by atoms with Crippen molar-refractivity contribution >= 4 is 0 Å². The first-order chi connectivity index (χ1) is 6.81. The van der Waals surface area contributed by atoms with E-state index in [1.54, 1.807) is 6.20 Å². The first-order valence-electron chi connectivity index (χ1n) is 5.16. The first kappa shape index (κ1) is 9.68. The highest BCUT2D eigenvalue weighted by Crippen LogP contribution is 2.29. The van der Waals surface area contributed by atoms with E-state index in [9.17, 15) is 0 Å². The lowest BCUT2D eigenvalue weighted by molar-refractivity contribution is 0.263. The van der Waals surface area contributed by atoms with Gasteiger partial charge in [0.05, 0.1) is 12.2 Å². The van der Waals surface area contributed by atoms with Gasteiger partial charge in [-0.25, -0.2) is 4.98 Å². The monoisotopic (exact) mass is 195 g/mol. The predicted molar refractivity (Wildman–Crippen MR) is 53.9 cm³/mol. The van der Waals surface area contributed by atoms with E-state index in [1.807, 2.05) is 0 Å². The molecule has 2 rings (SSSR count). The number of rotatable bonds is 3. The third-order valence-corrected chi connectivity index (χ3v) is 2.77. The van der Waals surface area contributed by atoms with Crippen LogP contribution >= 0.6 is 0 Å². The highest BCUT2D eigenvalue weighted by atomic mass is 16.4. The van der Waals surface area contributed by atoms with Crippen LogP contribution in [0.15, 0.2) is 10.6 Å².